The molecule has 0 aliphatic heterocycles. The van der Waals surface area contributed by atoms with E-state index in [2.05, 4.69) is 10.3 Å². The molecule has 3 rings (SSSR count). The van der Waals surface area contributed by atoms with Crippen molar-refractivity contribution >= 4 is 32.6 Å². The average molecular weight is 318 g/mol. The molecule has 0 radical (unpaired) electrons. The zero-order valence-corrected chi connectivity index (χ0v) is 12.7. The van der Waals surface area contributed by atoms with Crippen molar-refractivity contribution in [3.05, 3.63) is 58.7 Å². The Kier molecular flexibility index (Phi) is 3.62. The van der Waals surface area contributed by atoms with Gasteiger partial charge in [-0.3, -0.25) is 10.1 Å². The lowest BCUT2D eigenvalue weighted by Crippen LogP contribution is -2.13. The molecule has 1 N–H and O–H groups in total. The van der Waals surface area contributed by atoms with Crippen molar-refractivity contribution in [2.24, 2.45) is 0 Å². The third-order valence-corrected chi connectivity index (χ3v) is 4.42. The van der Waals surface area contributed by atoms with Crippen LogP contribution in [0.3, 0.4) is 0 Å². The second-order valence-corrected chi connectivity index (χ2v) is 5.98. The van der Waals surface area contributed by atoms with Crippen LogP contribution in [0.15, 0.2) is 30.3 Å². The monoisotopic (exact) mass is 318 g/mol. The Hall–Kier alpha value is -2.34. The van der Waals surface area contributed by atoms with E-state index in [4.69, 9.17) is 0 Å². The van der Waals surface area contributed by atoms with Crippen LogP contribution >= 0.6 is 11.3 Å². The molecule has 0 saturated carbocycles. The van der Waals surface area contributed by atoms with Gasteiger partial charge in [0.05, 0.1) is 15.8 Å². The van der Waals surface area contributed by atoms with E-state index in [9.17, 15) is 13.6 Å². The van der Waals surface area contributed by atoms with E-state index in [1.54, 1.807) is 0 Å². The molecule has 3 nitrogen and oxygen atoms in total. The summed E-state index contributed by atoms with van der Waals surface area (Å²) in [6.07, 6.45) is 0. The average Bonchev–Trinajstić information content (AvgIpc) is 2.86. The van der Waals surface area contributed by atoms with Gasteiger partial charge in [-0.05, 0) is 43.2 Å². The minimum absolute atomic E-state index is 0.214. The van der Waals surface area contributed by atoms with Crippen LogP contribution in [0.5, 0.6) is 0 Å². The fourth-order valence-electron chi connectivity index (χ4n) is 2.12. The number of fused-ring (bicyclic) bond motifs is 1. The molecular formula is C16H12F2N2OS. The van der Waals surface area contributed by atoms with Crippen molar-refractivity contribution in [3.63, 3.8) is 0 Å². The normalized spacial score (nSPS) is 10.9. The highest BCUT2D eigenvalue weighted by Gasteiger charge is 2.15. The van der Waals surface area contributed by atoms with Crippen molar-refractivity contribution in [1.29, 1.82) is 0 Å². The van der Waals surface area contributed by atoms with Gasteiger partial charge in [-0.1, -0.05) is 17.4 Å². The molecular weight excluding hydrogens is 306 g/mol. The number of benzene rings is 2. The summed E-state index contributed by atoms with van der Waals surface area (Å²) < 4.78 is 27.4. The maximum atomic E-state index is 13.6. The first-order valence-electron chi connectivity index (χ1n) is 6.59. The van der Waals surface area contributed by atoms with Crippen LogP contribution in [0.4, 0.5) is 13.9 Å². The first-order valence-corrected chi connectivity index (χ1v) is 7.40. The Balaban J connectivity index is 1.92. The van der Waals surface area contributed by atoms with E-state index in [1.807, 2.05) is 26.0 Å². The largest absolute Gasteiger partial charge is 0.298 e. The number of rotatable bonds is 2. The standard InChI is InChI=1S/C16H12F2N2OS/c1-8-3-6-13-14(9(8)2)19-16(22-13)20-15(21)11-5-4-10(17)7-12(11)18/h3-7H,1-2H3,(H,19,20,21). The summed E-state index contributed by atoms with van der Waals surface area (Å²) in [5, 5.41) is 2.95. The fourth-order valence-corrected chi connectivity index (χ4v) is 3.04. The Morgan fingerprint density at radius 2 is 1.95 bits per heavy atom. The number of aryl methyl sites for hydroxylation is 2. The number of carbonyl (C=O) groups excluding carboxylic acids is 1. The molecule has 0 atom stereocenters. The zero-order chi connectivity index (χ0) is 15.9. The second kappa shape index (κ2) is 5.46. The summed E-state index contributed by atoms with van der Waals surface area (Å²) in [6.45, 7) is 3.95. The molecule has 6 heteroatoms. The Morgan fingerprint density at radius 3 is 2.68 bits per heavy atom. The molecule has 0 aliphatic rings. The van der Waals surface area contributed by atoms with E-state index in [-0.39, 0.29) is 5.56 Å². The number of aromatic nitrogens is 1. The number of hydrogen-bond donors (Lipinski definition) is 1. The third-order valence-electron chi connectivity index (χ3n) is 3.48. The maximum Gasteiger partial charge on any atom is 0.260 e. The molecule has 0 bridgehead atoms. The summed E-state index contributed by atoms with van der Waals surface area (Å²) >= 11 is 1.31. The van der Waals surface area contributed by atoms with Gasteiger partial charge >= 0.3 is 0 Å². The summed E-state index contributed by atoms with van der Waals surface area (Å²) in [6, 6.07) is 6.76. The third kappa shape index (κ3) is 2.57. The van der Waals surface area contributed by atoms with E-state index in [0.717, 1.165) is 33.5 Å². The quantitative estimate of drug-likeness (QED) is 0.759. The van der Waals surface area contributed by atoms with Crippen molar-refractivity contribution in [3.8, 4) is 0 Å². The van der Waals surface area contributed by atoms with Gasteiger partial charge in [0.2, 0.25) is 0 Å². The first-order chi connectivity index (χ1) is 10.5. The van der Waals surface area contributed by atoms with Crippen molar-refractivity contribution in [2.75, 3.05) is 5.32 Å². The number of hydrogen-bond acceptors (Lipinski definition) is 3. The molecule has 0 fully saturated rings. The van der Waals surface area contributed by atoms with Gasteiger partial charge in [-0.15, -0.1) is 0 Å². The Labute approximate surface area is 129 Å². The van der Waals surface area contributed by atoms with Crippen LogP contribution in [0, 0.1) is 25.5 Å². The zero-order valence-electron chi connectivity index (χ0n) is 11.9. The molecule has 0 spiro atoms. The van der Waals surface area contributed by atoms with Crippen LogP contribution in [0.1, 0.15) is 21.5 Å². The van der Waals surface area contributed by atoms with Crippen molar-refractivity contribution in [1.82, 2.24) is 4.98 Å². The van der Waals surface area contributed by atoms with Crippen LogP contribution < -0.4 is 5.32 Å². The van der Waals surface area contributed by atoms with Gasteiger partial charge in [0.15, 0.2) is 5.13 Å². The van der Waals surface area contributed by atoms with Gasteiger partial charge in [-0.2, -0.15) is 0 Å². The predicted molar refractivity (Wildman–Crippen MR) is 83.4 cm³/mol. The minimum Gasteiger partial charge on any atom is -0.298 e. The molecule has 1 heterocycles. The molecule has 3 aromatic rings. The number of carbonyl (C=O) groups is 1. The molecule has 0 aliphatic carbocycles. The highest BCUT2D eigenvalue weighted by atomic mass is 32.1. The number of anilines is 1. The van der Waals surface area contributed by atoms with E-state index in [1.165, 1.54) is 11.3 Å². The van der Waals surface area contributed by atoms with E-state index < -0.39 is 17.5 Å². The maximum absolute atomic E-state index is 13.6. The van der Waals surface area contributed by atoms with Crippen LogP contribution in [-0.2, 0) is 0 Å². The predicted octanol–water partition coefficient (Wildman–Crippen LogP) is 4.44. The van der Waals surface area contributed by atoms with Crippen molar-refractivity contribution in [2.45, 2.75) is 13.8 Å². The van der Waals surface area contributed by atoms with Gasteiger partial charge in [0.25, 0.3) is 5.91 Å². The molecule has 0 unspecified atom stereocenters. The molecule has 1 aromatic heterocycles. The Bertz CT molecular complexity index is 889. The van der Waals surface area contributed by atoms with Crippen LogP contribution in [0.2, 0.25) is 0 Å². The lowest BCUT2D eigenvalue weighted by molar-refractivity contribution is 0.102. The van der Waals surface area contributed by atoms with Crippen LogP contribution in [0.25, 0.3) is 10.2 Å². The summed E-state index contributed by atoms with van der Waals surface area (Å²) in [5.74, 6) is -2.27. The summed E-state index contributed by atoms with van der Waals surface area (Å²) in [7, 11) is 0. The van der Waals surface area contributed by atoms with Gasteiger partial charge in [-0.25, -0.2) is 13.8 Å². The number of nitrogens with zero attached hydrogens (tertiary/aromatic N) is 1. The van der Waals surface area contributed by atoms with E-state index in [0.29, 0.717) is 11.2 Å². The minimum atomic E-state index is -0.898. The van der Waals surface area contributed by atoms with E-state index >= 15 is 0 Å². The van der Waals surface area contributed by atoms with Crippen molar-refractivity contribution < 1.29 is 13.6 Å². The Morgan fingerprint density at radius 1 is 1.18 bits per heavy atom. The molecule has 1 amide bonds. The number of amides is 1. The highest BCUT2D eigenvalue weighted by molar-refractivity contribution is 7.22. The van der Waals surface area contributed by atoms with Gasteiger partial charge in [0, 0.05) is 6.07 Å². The van der Waals surface area contributed by atoms with Gasteiger partial charge in [0.1, 0.15) is 11.6 Å². The second-order valence-electron chi connectivity index (χ2n) is 4.95. The number of halogens is 2. The molecule has 22 heavy (non-hydrogen) atoms. The lowest BCUT2D eigenvalue weighted by atomic mass is 10.1. The fraction of sp³-hybridized carbons (Fsp3) is 0.125. The molecule has 0 saturated heterocycles. The van der Waals surface area contributed by atoms with Gasteiger partial charge < -0.3 is 0 Å². The smallest absolute Gasteiger partial charge is 0.260 e. The van der Waals surface area contributed by atoms with Crippen LogP contribution in [-0.4, -0.2) is 10.9 Å². The first kappa shape index (κ1) is 14.6. The lowest BCUT2D eigenvalue weighted by Gasteiger charge is -2.02. The summed E-state index contributed by atoms with van der Waals surface area (Å²) in [4.78, 5) is 16.4. The molecule has 2 aromatic carbocycles. The molecule has 112 valence electrons. The number of thiazole rings is 1. The topological polar surface area (TPSA) is 42.0 Å². The summed E-state index contributed by atoms with van der Waals surface area (Å²) in [5.41, 5.74) is 2.76. The SMILES string of the molecule is Cc1ccc2sc(NC(=O)c3ccc(F)cc3F)nc2c1C. The number of nitrogens with one attached hydrogen (secondary N) is 1. The highest BCUT2D eigenvalue weighted by Crippen LogP contribution is 2.30.